The number of hydrogen-bond acceptors (Lipinski definition) is 2. The maximum atomic E-state index is 11.7. The maximum Gasteiger partial charge on any atom is 0.243 e. The van der Waals surface area contributed by atoms with E-state index in [1.54, 1.807) is 14.1 Å². The van der Waals surface area contributed by atoms with Gasteiger partial charge >= 0.3 is 0 Å². The van der Waals surface area contributed by atoms with Crippen molar-refractivity contribution in [1.29, 1.82) is 0 Å². The first kappa shape index (κ1) is 22.2. The molecule has 130 valence electrons. The van der Waals surface area contributed by atoms with Gasteiger partial charge in [-0.1, -0.05) is 41.1 Å². The molecule has 5 nitrogen and oxygen atoms in total. The Labute approximate surface area is 164 Å². The second-order valence-electron chi connectivity index (χ2n) is 5.27. The van der Waals surface area contributed by atoms with Crippen molar-refractivity contribution in [3.05, 3.63) is 34.3 Å². The van der Waals surface area contributed by atoms with Crippen LogP contribution in [0.25, 0.3) is 0 Å². The summed E-state index contributed by atoms with van der Waals surface area (Å²) in [5.74, 6) is 0.631. The van der Waals surface area contributed by atoms with E-state index < -0.39 is 0 Å². The van der Waals surface area contributed by atoms with Crippen molar-refractivity contribution in [1.82, 2.24) is 15.5 Å². The highest BCUT2D eigenvalue weighted by Crippen LogP contribution is 2.22. The van der Waals surface area contributed by atoms with Gasteiger partial charge in [-0.2, -0.15) is 0 Å². The number of nitrogens with zero attached hydrogens (tertiary/aromatic N) is 2. The minimum atomic E-state index is -0.0221. The molecule has 1 rings (SSSR count). The van der Waals surface area contributed by atoms with Gasteiger partial charge in [0.2, 0.25) is 5.91 Å². The zero-order valence-electron chi connectivity index (χ0n) is 14.1. The van der Waals surface area contributed by atoms with E-state index in [2.05, 4.69) is 51.5 Å². The third-order valence-corrected chi connectivity index (χ3v) is 3.86. The molecule has 23 heavy (non-hydrogen) atoms. The first-order valence-corrected chi connectivity index (χ1v) is 8.24. The van der Waals surface area contributed by atoms with Gasteiger partial charge in [0.25, 0.3) is 0 Å². The molecule has 1 amide bonds. The number of halogens is 2. The average molecular weight is 497 g/mol. The van der Waals surface area contributed by atoms with Crippen molar-refractivity contribution in [2.24, 2.45) is 4.99 Å². The van der Waals surface area contributed by atoms with Gasteiger partial charge in [-0.15, -0.1) is 24.0 Å². The summed E-state index contributed by atoms with van der Waals surface area (Å²) in [6.07, 6.45) is 0.992. The lowest BCUT2D eigenvalue weighted by atomic mass is 10.1. The van der Waals surface area contributed by atoms with Gasteiger partial charge in [0, 0.05) is 25.1 Å². The van der Waals surface area contributed by atoms with E-state index in [1.807, 2.05) is 18.2 Å². The zero-order valence-corrected chi connectivity index (χ0v) is 18.0. The van der Waals surface area contributed by atoms with Gasteiger partial charge in [-0.3, -0.25) is 4.79 Å². The SMILES string of the molecule is CCCNC(=NCC(=O)N(C)C)NC(C)c1ccccc1Br.I. The van der Waals surface area contributed by atoms with Crippen LogP contribution in [0.5, 0.6) is 0 Å². The molecule has 0 aliphatic carbocycles. The fourth-order valence-corrected chi connectivity index (χ4v) is 2.42. The lowest BCUT2D eigenvalue weighted by Crippen LogP contribution is -2.40. The molecule has 0 aliphatic heterocycles. The van der Waals surface area contributed by atoms with Crippen LogP contribution in [0.1, 0.15) is 31.9 Å². The summed E-state index contributed by atoms with van der Waals surface area (Å²) < 4.78 is 1.05. The van der Waals surface area contributed by atoms with Crippen molar-refractivity contribution in [2.75, 3.05) is 27.2 Å². The Kier molecular flexibility index (Phi) is 11.2. The fraction of sp³-hybridized carbons (Fsp3) is 0.500. The molecule has 1 unspecified atom stereocenters. The van der Waals surface area contributed by atoms with E-state index in [-0.39, 0.29) is 42.5 Å². The topological polar surface area (TPSA) is 56.7 Å². The molecule has 7 heteroatoms. The lowest BCUT2D eigenvalue weighted by Gasteiger charge is -2.19. The number of hydrogen-bond donors (Lipinski definition) is 2. The molecule has 1 aromatic carbocycles. The molecule has 0 aliphatic rings. The summed E-state index contributed by atoms with van der Waals surface area (Å²) >= 11 is 3.56. The molecule has 0 spiro atoms. The highest BCUT2D eigenvalue weighted by Gasteiger charge is 2.11. The summed E-state index contributed by atoms with van der Waals surface area (Å²) in [5.41, 5.74) is 1.15. The van der Waals surface area contributed by atoms with Gasteiger partial charge < -0.3 is 15.5 Å². The van der Waals surface area contributed by atoms with Crippen molar-refractivity contribution in [3.8, 4) is 0 Å². The minimum absolute atomic E-state index is 0. The highest BCUT2D eigenvalue weighted by molar-refractivity contribution is 14.0. The quantitative estimate of drug-likeness (QED) is 0.361. The summed E-state index contributed by atoms with van der Waals surface area (Å²) in [7, 11) is 3.46. The third kappa shape index (κ3) is 8.01. The zero-order chi connectivity index (χ0) is 16.5. The molecule has 0 saturated carbocycles. The van der Waals surface area contributed by atoms with Gasteiger partial charge in [-0.25, -0.2) is 4.99 Å². The summed E-state index contributed by atoms with van der Waals surface area (Å²) in [6, 6.07) is 8.14. The van der Waals surface area contributed by atoms with Crippen LogP contribution in [0.15, 0.2) is 33.7 Å². The number of nitrogens with one attached hydrogen (secondary N) is 2. The van der Waals surface area contributed by atoms with Gasteiger partial charge in [0.15, 0.2) is 5.96 Å². The van der Waals surface area contributed by atoms with Crippen molar-refractivity contribution >= 4 is 51.8 Å². The normalized spacial score (nSPS) is 12.1. The van der Waals surface area contributed by atoms with E-state index in [9.17, 15) is 4.79 Å². The van der Waals surface area contributed by atoms with Gasteiger partial charge in [-0.05, 0) is 25.0 Å². The second-order valence-corrected chi connectivity index (χ2v) is 6.12. The van der Waals surface area contributed by atoms with Crippen molar-refractivity contribution in [3.63, 3.8) is 0 Å². The molecule has 1 atom stereocenters. The number of rotatable bonds is 6. The van der Waals surface area contributed by atoms with Crippen molar-refractivity contribution in [2.45, 2.75) is 26.3 Å². The van der Waals surface area contributed by atoms with Crippen LogP contribution in [-0.2, 0) is 4.79 Å². The molecule has 0 bridgehead atoms. The summed E-state index contributed by atoms with van der Waals surface area (Å²) in [4.78, 5) is 17.6. The van der Waals surface area contributed by atoms with Crippen LogP contribution in [0.2, 0.25) is 0 Å². The fourth-order valence-electron chi connectivity index (χ4n) is 1.79. The Balaban J connectivity index is 0.00000484. The summed E-state index contributed by atoms with van der Waals surface area (Å²) in [6.45, 7) is 5.10. The number of guanidine groups is 1. The predicted octanol–water partition coefficient (Wildman–Crippen LogP) is 3.16. The molecule has 0 radical (unpaired) electrons. The van der Waals surface area contributed by atoms with E-state index in [1.165, 1.54) is 4.90 Å². The largest absolute Gasteiger partial charge is 0.356 e. The lowest BCUT2D eigenvalue weighted by molar-refractivity contribution is -0.127. The standard InChI is InChI=1S/C16H25BrN4O.HI/c1-5-10-18-16(19-11-15(22)21(3)4)20-12(2)13-8-6-7-9-14(13)17;/h6-9,12H,5,10-11H2,1-4H3,(H2,18,19,20);1H. The molecule has 0 saturated heterocycles. The Hall–Kier alpha value is -0.830. The number of likely N-dealkylation sites (N-methyl/N-ethyl adjacent to an activating group) is 1. The monoisotopic (exact) mass is 496 g/mol. The predicted molar refractivity (Wildman–Crippen MR) is 110 cm³/mol. The molecule has 0 aromatic heterocycles. The van der Waals surface area contributed by atoms with Crippen LogP contribution in [0.4, 0.5) is 0 Å². The first-order chi connectivity index (χ1) is 10.5. The van der Waals surface area contributed by atoms with Crippen LogP contribution >= 0.6 is 39.9 Å². The number of aliphatic imine (C=N–C) groups is 1. The molecular formula is C16H26BrIN4O. The van der Waals surface area contributed by atoms with Crippen LogP contribution in [0.3, 0.4) is 0 Å². The van der Waals surface area contributed by atoms with E-state index in [4.69, 9.17) is 0 Å². The van der Waals surface area contributed by atoms with Gasteiger partial charge in [0.1, 0.15) is 6.54 Å². The smallest absolute Gasteiger partial charge is 0.243 e. The average Bonchev–Trinajstić information content (AvgIpc) is 2.49. The van der Waals surface area contributed by atoms with Crippen LogP contribution in [-0.4, -0.2) is 44.0 Å². The summed E-state index contributed by atoms with van der Waals surface area (Å²) in [5, 5.41) is 6.58. The molecule has 0 heterocycles. The highest BCUT2D eigenvalue weighted by atomic mass is 127. The molecule has 1 aromatic rings. The van der Waals surface area contributed by atoms with E-state index in [0.29, 0.717) is 5.96 Å². The van der Waals surface area contributed by atoms with Crippen LogP contribution < -0.4 is 10.6 Å². The number of carbonyl (C=O) groups excluding carboxylic acids is 1. The minimum Gasteiger partial charge on any atom is -0.356 e. The Morgan fingerprint density at radius 2 is 2.00 bits per heavy atom. The van der Waals surface area contributed by atoms with Crippen LogP contribution in [0, 0.1) is 0 Å². The second kappa shape index (κ2) is 11.7. The molecular weight excluding hydrogens is 471 g/mol. The van der Waals surface area contributed by atoms with Gasteiger partial charge in [0.05, 0.1) is 6.04 Å². The third-order valence-electron chi connectivity index (χ3n) is 3.14. The van der Waals surface area contributed by atoms with Crippen molar-refractivity contribution < 1.29 is 4.79 Å². The Morgan fingerprint density at radius 3 is 2.57 bits per heavy atom. The van der Waals surface area contributed by atoms with E-state index in [0.717, 1.165) is 23.0 Å². The number of amides is 1. The molecule has 2 N–H and O–H groups in total. The maximum absolute atomic E-state index is 11.7. The molecule has 0 fully saturated rings. The Bertz CT molecular complexity index is 523. The van der Waals surface area contributed by atoms with E-state index >= 15 is 0 Å². The number of benzene rings is 1. The number of carbonyl (C=O) groups is 1. The Morgan fingerprint density at radius 1 is 1.35 bits per heavy atom. The first-order valence-electron chi connectivity index (χ1n) is 7.45.